The summed E-state index contributed by atoms with van der Waals surface area (Å²) in [6.07, 6.45) is 33.9. The number of phenols is 3. The van der Waals surface area contributed by atoms with Crippen molar-refractivity contribution >= 4 is 17.9 Å². The lowest BCUT2D eigenvalue weighted by Crippen LogP contribution is -2.55. The molecule has 6 fully saturated rings. The van der Waals surface area contributed by atoms with Crippen LogP contribution in [0.2, 0.25) is 0 Å². The van der Waals surface area contributed by atoms with E-state index in [4.69, 9.17) is 33.5 Å². The van der Waals surface area contributed by atoms with Crippen LogP contribution in [0.15, 0.2) is 54.6 Å². The monoisotopic (exact) mass is 1030 g/mol. The number of carbonyl (C=O) groups is 3. The summed E-state index contributed by atoms with van der Waals surface area (Å²) < 4.78 is 19.9. The van der Waals surface area contributed by atoms with Crippen LogP contribution < -0.4 is 0 Å². The van der Waals surface area contributed by atoms with E-state index >= 15 is 0 Å². The third-order valence-electron chi connectivity index (χ3n) is 23.1. The lowest BCUT2D eigenvalue weighted by atomic mass is 9.53. The lowest BCUT2D eigenvalue weighted by Gasteiger charge is -2.53. The molecule has 12 rings (SSSR count). The average molecular weight is 1030 g/mol. The second-order valence-electron chi connectivity index (χ2n) is 25.9. The summed E-state index contributed by atoms with van der Waals surface area (Å²) in [4.78, 5) is 45.7. The van der Waals surface area contributed by atoms with Crippen LogP contribution >= 0.6 is 0 Å². The first-order chi connectivity index (χ1) is 36.4. The predicted molar refractivity (Wildman–Crippen MR) is 288 cm³/mol. The fourth-order valence-corrected chi connectivity index (χ4v) is 19.4. The number of carbonyl (C=O) groups excluding carboxylic acids is 3. The maximum atomic E-state index is 14.7. The molecule has 0 saturated heterocycles. The highest BCUT2D eigenvalue weighted by Crippen LogP contribution is 2.68. The summed E-state index contributed by atoms with van der Waals surface area (Å²) >= 11 is 0. The van der Waals surface area contributed by atoms with Gasteiger partial charge in [0.05, 0.1) is 19.6 Å². The minimum Gasteiger partial charge on any atom is -0.508 e. The van der Waals surface area contributed by atoms with Crippen molar-refractivity contribution < 1.29 is 43.9 Å². The number of nitrogens with zero attached hydrogens (tertiary/aromatic N) is 1. The molecule has 0 radical (unpaired) electrons. The number of fused-ring (bicyclic) bond motifs is 15. The van der Waals surface area contributed by atoms with Crippen LogP contribution in [0.4, 0.5) is 0 Å². The molecule has 3 aromatic rings. The smallest absolute Gasteiger partial charge is 0.321 e. The van der Waals surface area contributed by atoms with Crippen LogP contribution in [0, 0.1) is 88.8 Å². The molecule has 3 unspecified atom stereocenters. The summed E-state index contributed by atoms with van der Waals surface area (Å²) in [6, 6.07) is 17.3. The average Bonchev–Trinajstić information content (AvgIpc) is 4.07. The summed E-state index contributed by atoms with van der Waals surface area (Å²) in [7, 11) is 0. The van der Waals surface area contributed by atoms with E-state index in [1.165, 1.54) is 38.3 Å². The molecule has 3 aromatic carbocycles. The van der Waals surface area contributed by atoms with Crippen molar-refractivity contribution in [1.29, 1.82) is 0 Å². The highest BCUT2D eigenvalue weighted by Gasteiger charge is 2.67. The third-order valence-corrected chi connectivity index (χ3v) is 23.1. The van der Waals surface area contributed by atoms with Crippen LogP contribution in [-0.4, -0.2) is 74.6 Å². The standard InChI is InChI=1S/C66H75NO9/c1-7-64(31-25-55-52-16-10-40-34-43(68)13-19-46(40)49(52)22-28-61(55,64)4)74-58(71)37-67(38-59(72)75-65(8-2)32-26-56-53-17-11-41-35-44(69)14-20-47(41)50(53)23-29-62(56,65)5)39-60(73)76-66(9-3)33-27-57-54-18-12-42-36-45(70)15-21-48(42)51(54)24-30-63(57,66)6/h1-3,13-15,19-21,34-36,49-57,68-70H,10-12,16-18,22-33,37-39H2,4-6H3/t49-,50-,51-,52-,53-,54-,55+,56+,57+,61+,62+,63+,64?,65?,66?/m1/s1. The number of ether oxygens (including phenoxy) is 3. The zero-order valence-electron chi connectivity index (χ0n) is 44.7. The van der Waals surface area contributed by atoms with Crippen LogP contribution in [0.3, 0.4) is 0 Å². The summed E-state index contributed by atoms with van der Waals surface area (Å²) in [5.41, 5.74) is 2.42. The van der Waals surface area contributed by atoms with Gasteiger partial charge in [0.25, 0.3) is 0 Å². The van der Waals surface area contributed by atoms with E-state index in [9.17, 15) is 29.7 Å². The van der Waals surface area contributed by atoms with Crippen molar-refractivity contribution in [1.82, 2.24) is 4.90 Å². The Morgan fingerprint density at radius 3 is 1.04 bits per heavy atom. The van der Waals surface area contributed by atoms with E-state index in [1.54, 1.807) is 18.2 Å². The topological polar surface area (TPSA) is 143 Å². The third kappa shape index (κ3) is 7.58. The fraction of sp³-hybridized carbons (Fsp3) is 0.591. The summed E-state index contributed by atoms with van der Waals surface area (Å²) in [6.45, 7) is 5.31. The number of benzene rings is 3. The predicted octanol–water partition coefficient (Wildman–Crippen LogP) is 10.8. The molecular formula is C66H75NO9. The van der Waals surface area contributed by atoms with Gasteiger partial charge >= 0.3 is 17.9 Å². The molecule has 10 heteroatoms. The number of terminal acetylenes is 3. The molecule has 0 heterocycles. The molecule has 0 bridgehead atoms. The maximum Gasteiger partial charge on any atom is 0.321 e. The number of aryl methyl sites for hydroxylation is 3. The second-order valence-corrected chi connectivity index (χ2v) is 25.9. The van der Waals surface area contributed by atoms with E-state index < -0.39 is 70.6 Å². The molecule has 10 nitrogen and oxygen atoms in total. The van der Waals surface area contributed by atoms with Crippen molar-refractivity contribution in [3.63, 3.8) is 0 Å². The van der Waals surface area contributed by atoms with E-state index in [0.29, 0.717) is 54.8 Å². The molecule has 3 N–H and O–H groups in total. The van der Waals surface area contributed by atoms with E-state index in [2.05, 4.69) is 56.7 Å². The van der Waals surface area contributed by atoms with Crippen molar-refractivity contribution in [3.8, 4) is 54.3 Å². The molecule has 9 aliphatic rings. The van der Waals surface area contributed by atoms with Crippen LogP contribution in [0.5, 0.6) is 17.2 Å². The van der Waals surface area contributed by atoms with E-state index in [-0.39, 0.29) is 35.0 Å². The van der Waals surface area contributed by atoms with Gasteiger partial charge in [-0.15, -0.1) is 19.3 Å². The Morgan fingerprint density at radius 2 is 0.763 bits per heavy atom. The number of phenolic OH excluding ortho intramolecular Hbond substituents is 3. The van der Waals surface area contributed by atoms with Gasteiger partial charge in [-0.3, -0.25) is 19.3 Å². The molecule has 0 spiro atoms. The Labute approximate surface area is 449 Å². The Kier molecular flexibility index (Phi) is 12.3. The maximum absolute atomic E-state index is 14.7. The first kappa shape index (κ1) is 50.9. The van der Waals surface area contributed by atoms with Crippen molar-refractivity contribution in [2.45, 2.75) is 171 Å². The van der Waals surface area contributed by atoms with Gasteiger partial charge in [0.1, 0.15) is 17.2 Å². The Bertz CT molecular complexity index is 2700. The number of esters is 3. The molecule has 15 atom stereocenters. The highest BCUT2D eigenvalue weighted by atomic mass is 16.6. The molecule has 0 amide bonds. The fourth-order valence-electron chi connectivity index (χ4n) is 19.4. The Balaban J connectivity index is 0.787. The zero-order valence-corrected chi connectivity index (χ0v) is 44.7. The normalized spacial score (nSPS) is 39.0. The van der Waals surface area contributed by atoms with Gasteiger partial charge in [-0.2, -0.15) is 0 Å². The van der Waals surface area contributed by atoms with Gasteiger partial charge in [-0.05, 0) is 239 Å². The quantitative estimate of drug-likeness (QED) is 0.108. The molecule has 6 saturated carbocycles. The first-order valence-electron chi connectivity index (χ1n) is 28.7. The van der Waals surface area contributed by atoms with E-state index in [1.807, 2.05) is 18.2 Å². The molecule has 0 aromatic heterocycles. The molecular weight excluding hydrogens is 951 g/mol. The van der Waals surface area contributed by atoms with E-state index in [0.717, 1.165) is 96.3 Å². The van der Waals surface area contributed by atoms with Crippen LogP contribution in [-0.2, 0) is 47.9 Å². The van der Waals surface area contributed by atoms with Crippen molar-refractivity contribution in [2.75, 3.05) is 19.6 Å². The zero-order chi connectivity index (χ0) is 53.2. The first-order valence-corrected chi connectivity index (χ1v) is 28.7. The largest absolute Gasteiger partial charge is 0.508 e. The van der Waals surface area contributed by atoms with Gasteiger partial charge in [0, 0.05) is 16.2 Å². The Morgan fingerprint density at radius 1 is 0.474 bits per heavy atom. The minimum absolute atomic E-state index is 0.213. The van der Waals surface area contributed by atoms with Gasteiger partial charge in [-0.1, -0.05) is 56.7 Å². The number of hydrogen-bond donors (Lipinski definition) is 3. The highest BCUT2D eigenvalue weighted by molar-refractivity contribution is 5.79. The van der Waals surface area contributed by atoms with Gasteiger partial charge in [0.2, 0.25) is 0 Å². The number of hydrogen-bond acceptors (Lipinski definition) is 10. The second kappa shape index (κ2) is 18.4. The van der Waals surface area contributed by atoms with Crippen molar-refractivity contribution in [3.05, 3.63) is 88.0 Å². The van der Waals surface area contributed by atoms with Crippen LogP contribution in [0.25, 0.3) is 0 Å². The van der Waals surface area contributed by atoms with Gasteiger partial charge in [-0.25, -0.2) is 0 Å². The molecule has 76 heavy (non-hydrogen) atoms. The van der Waals surface area contributed by atoms with Gasteiger partial charge < -0.3 is 29.5 Å². The molecule has 398 valence electrons. The lowest BCUT2D eigenvalue weighted by molar-refractivity contribution is -0.176. The summed E-state index contributed by atoms with van der Waals surface area (Å²) in [5, 5.41) is 30.8. The van der Waals surface area contributed by atoms with Crippen molar-refractivity contribution in [2.24, 2.45) is 51.8 Å². The molecule has 0 aliphatic heterocycles. The Hall–Kier alpha value is -5.89. The molecule has 9 aliphatic carbocycles. The number of aromatic hydroxyl groups is 3. The number of rotatable bonds is 9. The SMILES string of the molecule is C#CC1(OC(=O)CN(CC(=O)OC2(C#C)CC[C@H]3[C@@H]4CCc5cc(O)ccc5[C@H]4CC[C@@]32C)CC(=O)OC2(C#C)CC[C@H]3[C@@H]4CCc5cc(O)ccc5[C@H]4CC[C@@]32C)CC[C@H]2[C@@H]3CCc4cc(O)ccc4[C@H]3CC[C@@]21C. The van der Waals surface area contributed by atoms with Gasteiger partial charge in [0.15, 0.2) is 16.8 Å². The minimum atomic E-state index is -1.19. The summed E-state index contributed by atoms with van der Waals surface area (Å²) in [5.74, 6) is 10.7. The van der Waals surface area contributed by atoms with Crippen LogP contribution in [0.1, 0.15) is 168 Å².